The zero-order valence-electron chi connectivity index (χ0n) is 11.1. The monoisotopic (exact) mass is 278 g/mol. The fraction of sp³-hybridized carbons (Fsp3) is 0.400. The second kappa shape index (κ2) is 5.39. The highest BCUT2D eigenvalue weighted by Gasteiger charge is 2.37. The van der Waals surface area contributed by atoms with Crippen molar-refractivity contribution in [1.82, 2.24) is 0 Å². The van der Waals surface area contributed by atoms with Crippen LogP contribution in [-0.2, 0) is 15.6 Å². The summed E-state index contributed by atoms with van der Waals surface area (Å²) in [7, 11) is -1.27. The zero-order valence-corrected chi connectivity index (χ0v) is 11.9. The van der Waals surface area contributed by atoms with E-state index >= 15 is 0 Å². The summed E-state index contributed by atoms with van der Waals surface area (Å²) in [5.41, 5.74) is -0.0556. The third-order valence-electron chi connectivity index (χ3n) is 3.56. The van der Waals surface area contributed by atoms with Crippen molar-refractivity contribution < 1.29 is 14.1 Å². The van der Waals surface area contributed by atoms with Crippen LogP contribution in [0, 0.1) is 12.8 Å². The van der Waals surface area contributed by atoms with Crippen molar-refractivity contribution in [2.75, 3.05) is 5.75 Å². The van der Waals surface area contributed by atoms with Gasteiger partial charge in [0, 0.05) is 11.3 Å². The maximum atomic E-state index is 12.3. The number of carbonyl (C=O) groups is 1. The van der Waals surface area contributed by atoms with Crippen LogP contribution in [-0.4, -0.2) is 26.5 Å². The summed E-state index contributed by atoms with van der Waals surface area (Å²) in [6, 6.07) is 7.44. The first-order valence-corrected chi connectivity index (χ1v) is 7.62. The number of hydrogen-bond donors (Lipinski definition) is 1. The van der Waals surface area contributed by atoms with E-state index in [9.17, 15) is 14.1 Å². The van der Waals surface area contributed by atoms with Gasteiger partial charge in [-0.3, -0.25) is 9.00 Å². The molecule has 0 bridgehead atoms. The smallest absolute Gasteiger partial charge is 0.155 e. The number of allylic oxidation sites excluding steroid dienone is 1. The van der Waals surface area contributed by atoms with Crippen LogP contribution in [0.2, 0.25) is 0 Å². The molecule has 2 rings (SSSR count). The van der Waals surface area contributed by atoms with Crippen molar-refractivity contribution in [3.8, 4) is 0 Å². The van der Waals surface area contributed by atoms with Gasteiger partial charge in [0.05, 0.1) is 22.2 Å². The lowest BCUT2D eigenvalue weighted by Crippen LogP contribution is -2.43. The Bertz CT molecular complexity index is 533. The Balaban J connectivity index is 2.16. The Kier molecular flexibility index (Phi) is 4.02. The third-order valence-corrected chi connectivity index (χ3v) is 5.09. The number of hydrogen-bond acceptors (Lipinski definition) is 3. The van der Waals surface area contributed by atoms with E-state index in [1.54, 1.807) is 0 Å². The summed E-state index contributed by atoms with van der Waals surface area (Å²) in [6.45, 7) is 3.78. The minimum absolute atomic E-state index is 0.0123. The topological polar surface area (TPSA) is 54.4 Å². The fourth-order valence-electron chi connectivity index (χ4n) is 2.12. The molecule has 1 aliphatic carbocycles. The first-order valence-electron chi connectivity index (χ1n) is 6.30. The Morgan fingerprint density at radius 3 is 2.58 bits per heavy atom. The molecule has 3 atom stereocenters. The lowest BCUT2D eigenvalue weighted by Gasteiger charge is -2.33. The van der Waals surface area contributed by atoms with Gasteiger partial charge in [-0.25, -0.2) is 0 Å². The Labute approximate surface area is 115 Å². The Hall–Kier alpha value is -1.26. The predicted octanol–water partition coefficient (Wildman–Crippen LogP) is 2.00. The number of benzene rings is 1. The number of carbonyl (C=O) groups excluding carboxylic acids is 1. The van der Waals surface area contributed by atoms with Gasteiger partial charge in [-0.15, -0.1) is 0 Å². The molecule has 3 nitrogen and oxygen atoms in total. The quantitative estimate of drug-likeness (QED) is 0.920. The van der Waals surface area contributed by atoms with Gasteiger partial charge in [0.15, 0.2) is 5.78 Å². The van der Waals surface area contributed by atoms with Gasteiger partial charge < -0.3 is 5.11 Å². The summed E-state index contributed by atoms with van der Waals surface area (Å²) in [5.74, 6) is -0.0706. The highest BCUT2D eigenvalue weighted by atomic mass is 32.2. The van der Waals surface area contributed by atoms with Crippen LogP contribution >= 0.6 is 0 Å². The Morgan fingerprint density at radius 2 is 2.00 bits per heavy atom. The molecule has 0 aromatic heterocycles. The molecule has 102 valence electrons. The van der Waals surface area contributed by atoms with Gasteiger partial charge in [-0.1, -0.05) is 24.6 Å². The van der Waals surface area contributed by atoms with Gasteiger partial charge in [-0.2, -0.15) is 0 Å². The molecule has 0 saturated heterocycles. The summed E-state index contributed by atoms with van der Waals surface area (Å²) in [5, 5.41) is 10.5. The first kappa shape index (κ1) is 14.2. The molecule has 0 unspecified atom stereocenters. The second-order valence-corrected chi connectivity index (χ2v) is 6.65. The van der Waals surface area contributed by atoms with E-state index in [4.69, 9.17) is 0 Å². The van der Waals surface area contributed by atoms with Crippen LogP contribution < -0.4 is 0 Å². The SMILES string of the molecule is Cc1ccc([S@](=O)C[C@]2(O)C=CC(=O)C[C@H]2C)cc1. The highest BCUT2D eigenvalue weighted by Crippen LogP contribution is 2.29. The molecule has 0 aliphatic heterocycles. The molecule has 1 N–H and O–H groups in total. The van der Waals surface area contributed by atoms with E-state index in [1.807, 2.05) is 38.1 Å². The van der Waals surface area contributed by atoms with Crippen LogP contribution in [0.1, 0.15) is 18.9 Å². The van der Waals surface area contributed by atoms with Gasteiger partial charge >= 0.3 is 0 Å². The number of rotatable bonds is 3. The summed E-state index contributed by atoms with van der Waals surface area (Å²) < 4.78 is 12.3. The van der Waals surface area contributed by atoms with Crippen LogP contribution in [0.4, 0.5) is 0 Å². The van der Waals surface area contributed by atoms with Crippen LogP contribution in [0.3, 0.4) is 0 Å². The Morgan fingerprint density at radius 1 is 1.37 bits per heavy atom. The van der Waals surface area contributed by atoms with Gasteiger partial charge in [0.1, 0.15) is 0 Å². The van der Waals surface area contributed by atoms with E-state index in [1.165, 1.54) is 12.2 Å². The summed E-state index contributed by atoms with van der Waals surface area (Å²) in [4.78, 5) is 12.0. The average Bonchev–Trinajstić information content (AvgIpc) is 2.35. The molecule has 0 amide bonds. The highest BCUT2D eigenvalue weighted by molar-refractivity contribution is 7.85. The average molecular weight is 278 g/mol. The number of aliphatic hydroxyl groups is 1. The van der Waals surface area contributed by atoms with E-state index in [2.05, 4.69) is 0 Å². The van der Waals surface area contributed by atoms with E-state index in [-0.39, 0.29) is 17.5 Å². The molecular weight excluding hydrogens is 260 g/mol. The van der Waals surface area contributed by atoms with Crippen LogP contribution in [0.5, 0.6) is 0 Å². The maximum absolute atomic E-state index is 12.3. The van der Waals surface area contributed by atoms with Crippen molar-refractivity contribution in [3.63, 3.8) is 0 Å². The summed E-state index contributed by atoms with van der Waals surface area (Å²) in [6.07, 6.45) is 3.19. The van der Waals surface area contributed by atoms with Crippen molar-refractivity contribution in [2.24, 2.45) is 5.92 Å². The van der Waals surface area contributed by atoms with E-state index in [0.29, 0.717) is 11.3 Å². The van der Waals surface area contributed by atoms with Crippen molar-refractivity contribution in [1.29, 1.82) is 0 Å². The van der Waals surface area contributed by atoms with E-state index < -0.39 is 16.4 Å². The second-order valence-electron chi connectivity index (χ2n) is 5.20. The third kappa shape index (κ3) is 3.19. The maximum Gasteiger partial charge on any atom is 0.155 e. The zero-order chi connectivity index (χ0) is 14.0. The molecule has 0 saturated carbocycles. The molecule has 19 heavy (non-hydrogen) atoms. The van der Waals surface area contributed by atoms with Gasteiger partial charge in [0.2, 0.25) is 0 Å². The van der Waals surface area contributed by atoms with E-state index in [0.717, 1.165) is 5.56 Å². The molecule has 1 aromatic carbocycles. The molecule has 0 radical (unpaired) electrons. The predicted molar refractivity (Wildman–Crippen MR) is 75.3 cm³/mol. The van der Waals surface area contributed by atoms with Crippen molar-refractivity contribution in [3.05, 3.63) is 42.0 Å². The van der Waals surface area contributed by atoms with Crippen molar-refractivity contribution in [2.45, 2.75) is 30.8 Å². The minimum atomic E-state index is -1.27. The fourth-order valence-corrected chi connectivity index (χ4v) is 3.53. The largest absolute Gasteiger partial charge is 0.385 e. The molecule has 1 aliphatic rings. The minimum Gasteiger partial charge on any atom is -0.385 e. The molecule has 0 fully saturated rings. The lowest BCUT2D eigenvalue weighted by molar-refractivity contribution is -0.118. The first-order chi connectivity index (χ1) is 8.90. The normalized spacial score (nSPS) is 28.4. The van der Waals surface area contributed by atoms with Gasteiger partial charge in [-0.05, 0) is 37.1 Å². The van der Waals surface area contributed by atoms with Crippen molar-refractivity contribution >= 4 is 16.6 Å². The van der Waals surface area contributed by atoms with Crippen LogP contribution in [0.15, 0.2) is 41.3 Å². The molecule has 1 aromatic rings. The lowest BCUT2D eigenvalue weighted by atomic mass is 9.82. The standard InChI is InChI=1S/C15H18O3S/c1-11-3-5-14(6-4-11)19(18)10-15(17)8-7-13(16)9-12(15)2/h3-8,12,17H,9-10H2,1-2H3/t12-,15-,19-/m1/s1. The molecule has 0 heterocycles. The number of aryl methyl sites for hydroxylation is 1. The summed E-state index contributed by atoms with van der Waals surface area (Å²) >= 11 is 0. The van der Waals surface area contributed by atoms with Gasteiger partial charge in [0.25, 0.3) is 0 Å². The number of ketones is 1. The molecule has 4 heteroatoms. The van der Waals surface area contributed by atoms with Crippen LogP contribution in [0.25, 0.3) is 0 Å². The molecular formula is C15H18O3S. The molecule has 0 spiro atoms.